The molecule has 1 aliphatic rings. The first kappa shape index (κ1) is 14.9. The summed E-state index contributed by atoms with van der Waals surface area (Å²) in [6, 6.07) is 9.56. The van der Waals surface area contributed by atoms with E-state index in [1.165, 1.54) is 11.8 Å². The Morgan fingerprint density at radius 3 is 2.75 bits per heavy atom. The van der Waals surface area contributed by atoms with Crippen molar-refractivity contribution >= 4 is 17.7 Å². The number of benzene rings is 1. The lowest BCUT2D eigenvalue weighted by Gasteiger charge is -2.26. The van der Waals surface area contributed by atoms with E-state index in [9.17, 15) is 9.90 Å². The van der Waals surface area contributed by atoms with Crippen LogP contribution < -0.4 is 5.32 Å². The summed E-state index contributed by atoms with van der Waals surface area (Å²) in [4.78, 5) is 13.1. The molecule has 5 heteroatoms. The summed E-state index contributed by atoms with van der Waals surface area (Å²) in [6.45, 7) is 0. The first-order chi connectivity index (χ1) is 9.70. The van der Waals surface area contributed by atoms with Gasteiger partial charge in [-0.15, -0.1) is 11.8 Å². The van der Waals surface area contributed by atoms with Gasteiger partial charge >= 0.3 is 0 Å². The van der Waals surface area contributed by atoms with Crippen molar-refractivity contribution in [3.8, 4) is 6.07 Å². The zero-order valence-corrected chi connectivity index (χ0v) is 12.0. The molecule has 2 rings (SSSR count). The number of carbonyl (C=O) groups excluding carboxylic acids is 1. The molecule has 1 aliphatic carbocycles. The lowest BCUT2D eigenvalue weighted by molar-refractivity contribution is 0.0865. The standard InChI is InChI=1S/C15H18N2O2S/c16-9-10-20-14-4-2-1-3-13(14)15(19)17-11-5-7-12(18)8-6-11/h1-4,11-12,18H,5-8,10H2,(H,17,19). The minimum atomic E-state index is -0.221. The van der Waals surface area contributed by atoms with Crippen molar-refractivity contribution in [2.24, 2.45) is 0 Å². The number of thioether (sulfide) groups is 1. The number of nitrogens with one attached hydrogen (secondary N) is 1. The fraction of sp³-hybridized carbons (Fsp3) is 0.467. The van der Waals surface area contributed by atoms with Gasteiger partial charge < -0.3 is 10.4 Å². The Morgan fingerprint density at radius 1 is 1.35 bits per heavy atom. The minimum absolute atomic E-state index is 0.0903. The number of hydrogen-bond acceptors (Lipinski definition) is 4. The first-order valence-electron chi connectivity index (χ1n) is 6.78. The molecule has 0 spiro atoms. The van der Waals surface area contributed by atoms with E-state index >= 15 is 0 Å². The molecule has 0 radical (unpaired) electrons. The summed E-state index contributed by atoms with van der Waals surface area (Å²) >= 11 is 1.38. The predicted molar refractivity (Wildman–Crippen MR) is 78.5 cm³/mol. The first-order valence-corrected chi connectivity index (χ1v) is 7.77. The van der Waals surface area contributed by atoms with Crippen LogP contribution in [0.25, 0.3) is 0 Å². The largest absolute Gasteiger partial charge is 0.393 e. The average molecular weight is 290 g/mol. The normalized spacial score (nSPS) is 22.0. The van der Waals surface area contributed by atoms with Gasteiger partial charge in [0.1, 0.15) is 0 Å². The van der Waals surface area contributed by atoms with E-state index in [2.05, 4.69) is 11.4 Å². The number of nitrogens with zero attached hydrogens (tertiary/aromatic N) is 1. The number of aliphatic hydroxyl groups is 1. The quantitative estimate of drug-likeness (QED) is 0.835. The fourth-order valence-corrected chi connectivity index (χ4v) is 3.08. The maximum absolute atomic E-state index is 12.3. The highest BCUT2D eigenvalue weighted by atomic mass is 32.2. The monoisotopic (exact) mass is 290 g/mol. The molecule has 0 bridgehead atoms. The van der Waals surface area contributed by atoms with Gasteiger partial charge in [0.25, 0.3) is 5.91 Å². The molecule has 2 N–H and O–H groups in total. The maximum atomic E-state index is 12.3. The number of carbonyl (C=O) groups is 1. The van der Waals surface area contributed by atoms with Gasteiger partial charge in [0, 0.05) is 10.9 Å². The summed E-state index contributed by atoms with van der Waals surface area (Å²) in [5.41, 5.74) is 0.624. The Kier molecular flexibility index (Phi) is 5.45. The molecule has 1 aromatic carbocycles. The van der Waals surface area contributed by atoms with Crippen molar-refractivity contribution in [2.45, 2.75) is 42.7 Å². The van der Waals surface area contributed by atoms with Crippen molar-refractivity contribution in [2.75, 3.05) is 5.75 Å². The zero-order valence-electron chi connectivity index (χ0n) is 11.2. The highest BCUT2D eigenvalue weighted by Crippen LogP contribution is 2.23. The molecule has 1 saturated carbocycles. The third kappa shape index (κ3) is 3.99. The molecule has 0 aromatic heterocycles. The van der Waals surface area contributed by atoms with Crippen LogP contribution in [-0.2, 0) is 0 Å². The molecule has 1 aromatic rings. The maximum Gasteiger partial charge on any atom is 0.252 e. The SMILES string of the molecule is N#CCSc1ccccc1C(=O)NC1CCC(O)CC1. The predicted octanol–water partition coefficient (Wildman–Crippen LogP) is 2.34. The molecule has 1 amide bonds. The fourth-order valence-electron chi connectivity index (χ4n) is 2.37. The van der Waals surface area contributed by atoms with Crippen molar-refractivity contribution in [1.29, 1.82) is 5.26 Å². The number of rotatable bonds is 4. The molecule has 1 fully saturated rings. The smallest absolute Gasteiger partial charge is 0.252 e. The van der Waals surface area contributed by atoms with Crippen LogP contribution in [0.1, 0.15) is 36.0 Å². The van der Waals surface area contributed by atoms with E-state index in [0.29, 0.717) is 11.3 Å². The van der Waals surface area contributed by atoms with Crippen molar-refractivity contribution < 1.29 is 9.90 Å². The van der Waals surface area contributed by atoms with Gasteiger partial charge in [-0.1, -0.05) is 12.1 Å². The van der Waals surface area contributed by atoms with Crippen LogP contribution in [0.3, 0.4) is 0 Å². The van der Waals surface area contributed by atoms with Crippen LogP contribution in [0.15, 0.2) is 29.2 Å². The van der Waals surface area contributed by atoms with Gasteiger partial charge in [0.15, 0.2) is 0 Å². The molecule has 20 heavy (non-hydrogen) atoms. The van der Waals surface area contributed by atoms with E-state index in [4.69, 9.17) is 5.26 Å². The second-order valence-electron chi connectivity index (χ2n) is 4.92. The van der Waals surface area contributed by atoms with Gasteiger partial charge in [-0.25, -0.2) is 0 Å². The summed E-state index contributed by atoms with van der Waals surface area (Å²) in [5, 5.41) is 21.1. The molecule has 0 saturated heterocycles. The lowest BCUT2D eigenvalue weighted by atomic mass is 9.93. The van der Waals surface area contributed by atoms with Crippen LogP contribution in [0.5, 0.6) is 0 Å². The molecular weight excluding hydrogens is 272 g/mol. The molecule has 0 atom stereocenters. The summed E-state index contributed by atoms with van der Waals surface area (Å²) in [6.07, 6.45) is 2.91. The highest BCUT2D eigenvalue weighted by Gasteiger charge is 2.22. The third-order valence-corrected chi connectivity index (χ3v) is 4.40. The molecule has 106 valence electrons. The summed E-state index contributed by atoms with van der Waals surface area (Å²) in [5.74, 6) is 0.243. The lowest BCUT2D eigenvalue weighted by Crippen LogP contribution is -2.38. The van der Waals surface area contributed by atoms with Gasteiger partial charge in [0.05, 0.1) is 23.5 Å². The van der Waals surface area contributed by atoms with Crippen LogP contribution in [0, 0.1) is 11.3 Å². The van der Waals surface area contributed by atoms with E-state index in [-0.39, 0.29) is 18.1 Å². The minimum Gasteiger partial charge on any atom is -0.393 e. The number of nitriles is 1. The number of hydrogen-bond donors (Lipinski definition) is 2. The van der Waals surface area contributed by atoms with E-state index < -0.39 is 0 Å². The van der Waals surface area contributed by atoms with E-state index in [1.807, 2.05) is 18.2 Å². The molecule has 0 aliphatic heterocycles. The van der Waals surface area contributed by atoms with Crippen LogP contribution >= 0.6 is 11.8 Å². The van der Waals surface area contributed by atoms with Crippen LogP contribution in [0.2, 0.25) is 0 Å². The second-order valence-corrected chi connectivity index (χ2v) is 5.94. The Hall–Kier alpha value is -1.51. The zero-order chi connectivity index (χ0) is 14.4. The van der Waals surface area contributed by atoms with Crippen LogP contribution in [0.4, 0.5) is 0 Å². The average Bonchev–Trinajstić information content (AvgIpc) is 2.47. The van der Waals surface area contributed by atoms with Gasteiger partial charge in [-0.2, -0.15) is 5.26 Å². The van der Waals surface area contributed by atoms with Crippen molar-refractivity contribution in [3.63, 3.8) is 0 Å². The van der Waals surface area contributed by atoms with E-state index in [0.717, 1.165) is 30.6 Å². The van der Waals surface area contributed by atoms with Crippen molar-refractivity contribution in [1.82, 2.24) is 5.32 Å². The van der Waals surface area contributed by atoms with E-state index in [1.54, 1.807) is 6.07 Å². The molecule has 0 unspecified atom stereocenters. The Labute approximate surface area is 123 Å². The Morgan fingerprint density at radius 2 is 2.05 bits per heavy atom. The third-order valence-electron chi connectivity index (χ3n) is 3.46. The van der Waals surface area contributed by atoms with Gasteiger partial charge in [0.2, 0.25) is 0 Å². The van der Waals surface area contributed by atoms with Gasteiger partial charge in [-0.3, -0.25) is 4.79 Å². The summed E-state index contributed by atoms with van der Waals surface area (Å²) in [7, 11) is 0. The summed E-state index contributed by atoms with van der Waals surface area (Å²) < 4.78 is 0. The molecule has 4 nitrogen and oxygen atoms in total. The van der Waals surface area contributed by atoms with Gasteiger partial charge in [-0.05, 0) is 37.8 Å². The highest BCUT2D eigenvalue weighted by molar-refractivity contribution is 7.99. The van der Waals surface area contributed by atoms with Crippen molar-refractivity contribution in [3.05, 3.63) is 29.8 Å². The van der Waals surface area contributed by atoms with Crippen LogP contribution in [-0.4, -0.2) is 28.9 Å². The second kappa shape index (κ2) is 7.32. The Bertz CT molecular complexity index is 505. The molecule has 0 heterocycles. The number of aliphatic hydroxyl groups excluding tert-OH is 1. The number of amides is 1. The topological polar surface area (TPSA) is 73.1 Å². The molecular formula is C15H18N2O2S. The Balaban J connectivity index is 2.00.